The smallest absolute Gasteiger partial charge is 0.353 e. The lowest BCUT2D eigenvalue weighted by molar-refractivity contribution is -0.129. The fourth-order valence-corrected chi connectivity index (χ4v) is 0.176. The third-order valence-electron chi connectivity index (χ3n) is 0.538. The van der Waals surface area contributed by atoms with Gasteiger partial charge in [0.1, 0.15) is 7.11 Å². The van der Waals surface area contributed by atoms with Crippen molar-refractivity contribution in [2.24, 2.45) is 5.16 Å². The molecule has 0 aromatic heterocycles. The molecule has 0 fully saturated rings. The van der Waals surface area contributed by atoms with Crippen molar-refractivity contribution in [2.45, 2.75) is 6.92 Å². The Morgan fingerprint density at radius 1 is 1.75 bits per heavy atom. The Kier molecular flexibility index (Phi) is 2.61. The fraction of sp³-hybridized carbons (Fsp3) is 0.500. The lowest BCUT2D eigenvalue weighted by Crippen LogP contribution is -2.07. The number of hydrogen-bond acceptors (Lipinski definition) is 3. The zero-order chi connectivity index (χ0) is 6.57. The van der Waals surface area contributed by atoms with Gasteiger partial charge in [0, 0.05) is 0 Å². The highest BCUT2D eigenvalue weighted by Crippen LogP contribution is 1.75. The highest BCUT2D eigenvalue weighted by Gasteiger charge is 1.99. The molecule has 0 aliphatic heterocycles. The summed E-state index contributed by atoms with van der Waals surface area (Å²) in [5.74, 6) is -1.06. The van der Waals surface area contributed by atoms with Crippen LogP contribution in [0.4, 0.5) is 0 Å². The van der Waals surface area contributed by atoms with Crippen LogP contribution in [0.3, 0.4) is 0 Å². The molecule has 0 aromatic rings. The minimum absolute atomic E-state index is 0.0486. The summed E-state index contributed by atoms with van der Waals surface area (Å²) in [6.45, 7) is 1.35. The summed E-state index contributed by atoms with van der Waals surface area (Å²) in [5, 5.41) is 11.2. The third-order valence-corrected chi connectivity index (χ3v) is 0.538. The van der Waals surface area contributed by atoms with Crippen LogP contribution in [0.1, 0.15) is 6.92 Å². The van der Waals surface area contributed by atoms with Gasteiger partial charge < -0.3 is 9.94 Å². The maximum Gasteiger partial charge on any atom is 0.353 e. The molecule has 0 aliphatic rings. The van der Waals surface area contributed by atoms with E-state index in [0.29, 0.717) is 0 Å². The van der Waals surface area contributed by atoms with E-state index in [-0.39, 0.29) is 5.71 Å². The first-order valence-corrected chi connectivity index (χ1v) is 1.99. The van der Waals surface area contributed by atoms with Crippen molar-refractivity contribution < 1.29 is 14.7 Å². The minimum atomic E-state index is -1.06. The molecule has 0 spiro atoms. The largest absolute Gasteiger partial charge is 0.477 e. The molecule has 0 bridgehead atoms. The third kappa shape index (κ3) is 2.17. The van der Waals surface area contributed by atoms with E-state index >= 15 is 0 Å². The molecule has 0 saturated heterocycles. The van der Waals surface area contributed by atoms with Crippen LogP contribution in [0, 0.1) is 0 Å². The molecule has 8 heavy (non-hydrogen) atoms. The fourth-order valence-electron chi connectivity index (χ4n) is 0.176. The zero-order valence-electron chi connectivity index (χ0n) is 4.71. The standard InChI is InChI=1S/C4H7NO3/c1-3(4(6)7)5-8-2/h1-2H3,(H,6,7). The van der Waals surface area contributed by atoms with Crippen LogP contribution in [-0.2, 0) is 9.63 Å². The molecule has 0 rings (SSSR count). The van der Waals surface area contributed by atoms with E-state index in [1.165, 1.54) is 14.0 Å². The maximum atomic E-state index is 9.88. The summed E-state index contributed by atoms with van der Waals surface area (Å²) >= 11 is 0. The summed E-state index contributed by atoms with van der Waals surface area (Å²) in [6.07, 6.45) is 0. The van der Waals surface area contributed by atoms with E-state index in [0.717, 1.165) is 0 Å². The Morgan fingerprint density at radius 2 is 2.25 bits per heavy atom. The van der Waals surface area contributed by atoms with Gasteiger partial charge >= 0.3 is 5.97 Å². The van der Waals surface area contributed by atoms with Crippen molar-refractivity contribution in [2.75, 3.05) is 7.11 Å². The van der Waals surface area contributed by atoms with E-state index in [1.807, 2.05) is 0 Å². The van der Waals surface area contributed by atoms with Crippen molar-refractivity contribution in [3.8, 4) is 0 Å². The molecule has 0 amide bonds. The Balaban J connectivity index is 3.80. The van der Waals surface area contributed by atoms with Gasteiger partial charge in [0.2, 0.25) is 0 Å². The number of aliphatic carboxylic acids is 1. The van der Waals surface area contributed by atoms with Crippen LogP contribution in [-0.4, -0.2) is 23.9 Å². The van der Waals surface area contributed by atoms with Gasteiger partial charge in [0.25, 0.3) is 0 Å². The number of carboxylic acids is 1. The molecule has 1 N–H and O–H groups in total. The second kappa shape index (κ2) is 3.01. The monoisotopic (exact) mass is 117 g/mol. The first kappa shape index (κ1) is 6.94. The molecule has 0 aliphatic carbocycles. The Morgan fingerprint density at radius 3 is 2.38 bits per heavy atom. The maximum absolute atomic E-state index is 9.88. The van der Waals surface area contributed by atoms with Crippen LogP contribution in [0.25, 0.3) is 0 Å². The van der Waals surface area contributed by atoms with Crippen LogP contribution in [0.2, 0.25) is 0 Å². The SMILES string of the molecule is CON=C(C)C(=O)O. The average Bonchev–Trinajstić information content (AvgIpc) is 1.67. The van der Waals surface area contributed by atoms with Crippen molar-refractivity contribution in [3.05, 3.63) is 0 Å². The van der Waals surface area contributed by atoms with Crippen molar-refractivity contribution in [1.82, 2.24) is 0 Å². The van der Waals surface area contributed by atoms with Crippen LogP contribution < -0.4 is 0 Å². The van der Waals surface area contributed by atoms with Gasteiger partial charge in [0.15, 0.2) is 5.71 Å². The Hall–Kier alpha value is -1.06. The Bertz CT molecular complexity index is 118. The summed E-state index contributed by atoms with van der Waals surface area (Å²) in [7, 11) is 1.30. The predicted molar refractivity (Wildman–Crippen MR) is 27.8 cm³/mol. The van der Waals surface area contributed by atoms with E-state index in [9.17, 15) is 4.79 Å². The highest BCUT2D eigenvalue weighted by molar-refractivity contribution is 6.34. The molecule has 46 valence electrons. The van der Waals surface area contributed by atoms with Gasteiger partial charge in [-0.2, -0.15) is 0 Å². The molecular weight excluding hydrogens is 110 g/mol. The summed E-state index contributed by atoms with van der Waals surface area (Å²) < 4.78 is 0. The van der Waals surface area contributed by atoms with Gasteiger partial charge in [-0.15, -0.1) is 0 Å². The molecule has 4 heteroatoms. The molecule has 0 heterocycles. The van der Waals surface area contributed by atoms with Crippen LogP contribution >= 0.6 is 0 Å². The van der Waals surface area contributed by atoms with E-state index in [1.54, 1.807) is 0 Å². The highest BCUT2D eigenvalue weighted by atomic mass is 16.6. The van der Waals surface area contributed by atoms with Gasteiger partial charge in [-0.05, 0) is 6.92 Å². The van der Waals surface area contributed by atoms with E-state index < -0.39 is 5.97 Å². The Labute approximate surface area is 46.8 Å². The summed E-state index contributed by atoms with van der Waals surface area (Å²) in [6, 6.07) is 0. The number of nitrogens with zero attached hydrogens (tertiary/aromatic N) is 1. The average molecular weight is 117 g/mol. The van der Waals surface area contributed by atoms with E-state index in [4.69, 9.17) is 5.11 Å². The molecule has 0 saturated carbocycles. The molecule has 0 aromatic carbocycles. The number of carboxylic acid groups (broad SMARTS) is 1. The lowest BCUT2D eigenvalue weighted by atomic mass is 10.4. The number of rotatable bonds is 2. The van der Waals surface area contributed by atoms with Crippen molar-refractivity contribution >= 4 is 11.7 Å². The minimum Gasteiger partial charge on any atom is -0.477 e. The molecule has 4 nitrogen and oxygen atoms in total. The van der Waals surface area contributed by atoms with Crippen molar-refractivity contribution in [3.63, 3.8) is 0 Å². The second-order valence-corrected chi connectivity index (χ2v) is 1.16. The quantitative estimate of drug-likeness (QED) is 0.412. The van der Waals surface area contributed by atoms with Gasteiger partial charge in [0.05, 0.1) is 0 Å². The number of oxime groups is 1. The van der Waals surface area contributed by atoms with Gasteiger partial charge in [-0.25, -0.2) is 4.79 Å². The molecule has 0 unspecified atom stereocenters. The summed E-state index contributed by atoms with van der Waals surface area (Å²) in [4.78, 5) is 14.1. The van der Waals surface area contributed by atoms with Gasteiger partial charge in [-0.1, -0.05) is 5.16 Å². The number of carbonyl (C=O) groups is 1. The zero-order valence-corrected chi connectivity index (χ0v) is 4.71. The summed E-state index contributed by atoms with van der Waals surface area (Å²) in [5.41, 5.74) is -0.0486. The molecule has 0 atom stereocenters. The first-order chi connectivity index (χ1) is 3.68. The van der Waals surface area contributed by atoms with Crippen LogP contribution in [0.5, 0.6) is 0 Å². The van der Waals surface area contributed by atoms with Gasteiger partial charge in [-0.3, -0.25) is 0 Å². The first-order valence-electron chi connectivity index (χ1n) is 1.99. The van der Waals surface area contributed by atoms with Crippen LogP contribution in [0.15, 0.2) is 5.16 Å². The molecular formula is C4H7NO3. The lowest BCUT2D eigenvalue weighted by Gasteiger charge is -1.87. The number of hydrogen-bond donors (Lipinski definition) is 1. The predicted octanol–water partition coefficient (Wildman–Crippen LogP) is 0.0933. The van der Waals surface area contributed by atoms with E-state index in [2.05, 4.69) is 9.99 Å². The second-order valence-electron chi connectivity index (χ2n) is 1.16. The molecule has 0 radical (unpaired) electrons. The van der Waals surface area contributed by atoms with Crippen molar-refractivity contribution in [1.29, 1.82) is 0 Å². The topological polar surface area (TPSA) is 58.9 Å². The normalized spacial score (nSPS) is 11.0.